The van der Waals surface area contributed by atoms with Gasteiger partial charge in [0.05, 0.1) is 5.69 Å². The number of aromatic nitrogens is 1. The van der Waals surface area contributed by atoms with Crippen LogP contribution in [0.1, 0.15) is 5.69 Å². The van der Waals surface area contributed by atoms with Crippen LogP contribution in [-0.4, -0.2) is 13.4 Å². The van der Waals surface area contributed by atoms with E-state index in [9.17, 15) is 22.0 Å². The second-order valence-electron chi connectivity index (χ2n) is 3.66. The van der Waals surface area contributed by atoms with Crippen LogP contribution in [0, 0.1) is 18.6 Å². The van der Waals surface area contributed by atoms with Crippen molar-refractivity contribution in [3.05, 3.63) is 45.2 Å². The maximum atomic E-state index is 13.0. The zero-order valence-corrected chi connectivity index (χ0v) is 11.2. The molecule has 0 saturated carbocycles. The first kappa shape index (κ1) is 13.7. The molecule has 0 bridgehead atoms. The molecule has 9 heteroatoms. The molecule has 19 heavy (non-hydrogen) atoms. The zero-order valence-electron chi connectivity index (χ0n) is 9.53. The maximum Gasteiger partial charge on any atom is 0.306 e. The largest absolute Gasteiger partial charge is 0.315 e. The summed E-state index contributed by atoms with van der Waals surface area (Å²) >= 11 is 0.518. The van der Waals surface area contributed by atoms with Gasteiger partial charge in [0.1, 0.15) is 0 Å². The molecule has 0 aliphatic carbocycles. The SMILES string of the molecule is Cc1[nH]c(=O)sc1S(=O)(=O)Nc1ccc(F)c(F)c1. The fourth-order valence-corrected chi connectivity index (χ4v) is 3.76. The highest BCUT2D eigenvalue weighted by Crippen LogP contribution is 2.21. The van der Waals surface area contributed by atoms with Crippen LogP contribution in [0.5, 0.6) is 0 Å². The van der Waals surface area contributed by atoms with E-state index in [2.05, 4.69) is 9.71 Å². The quantitative estimate of drug-likeness (QED) is 0.908. The molecule has 1 aromatic carbocycles. The Labute approximate surface area is 111 Å². The van der Waals surface area contributed by atoms with Gasteiger partial charge in [0, 0.05) is 11.8 Å². The summed E-state index contributed by atoms with van der Waals surface area (Å²) in [6.45, 7) is 1.43. The molecule has 0 saturated heterocycles. The Morgan fingerprint density at radius 1 is 1.26 bits per heavy atom. The van der Waals surface area contributed by atoms with E-state index in [1.165, 1.54) is 6.92 Å². The van der Waals surface area contributed by atoms with Crippen LogP contribution in [0.15, 0.2) is 27.2 Å². The number of halogens is 2. The molecule has 0 atom stereocenters. The van der Waals surface area contributed by atoms with Crippen LogP contribution in [0.2, 0.25) is 0 Å². The molecule has 0 spiro atoms. The fourth-order valence-electron chi connectivity index (χ4n) is 1.41. The van der Waals surface area contributed by atoms with Gasteiger partial charge < -0.3 is 4.98 Å². The first-order chi connectivity index (χ1) is 8.79. The van der Waals surface area contributed by atoms with Crippen LogP contribution in [0.4, 0.5) is 14.5 Å². The third-order valence-electron chi connectivity index (χ3n) is 2.20. The smallest absolute Gasteiger partial charge is 0.306 e. The van der Waals surface area contributed by atoms with Gasteiger partial charge in [-0.05, 0) is 19.1 Å². The van der Waals surface area contributed by atoms with Crippen molar-refractivity contribution in [1.82, 2.24) is 4.98 Å². The maximum absolute atomic E-state index is 13.0. The summed E-state index contributed by atoms with van der Waals surface area (Å²) < 4.78 is 51.5. The minimum absolute atomic E-state index is 0.126. The lowest BCUT2D eigenvalue weighted by Gasteiger charge is -2.06. The Kier molecular flexibility index (Phi) is 3.42. The van der Waals surface area contributed by atoms with E-state index in [-0.39, 0.29) is 15.6 Å². The van der Waals surface area contributed by atoms with Crippen molar-refractivity contribution < 1.29 is 17.2 Å². The number of hydrogen-bond donors (Lipinski definition) is 2. The molecule has 0 aliphatic heterocycles. The monoisotopic (exact) mass is 306 g/mol. The van der Waals surface area contributed by atoms with Gasteiger partial charge in [-0.2, -0.15) is 0 Å². The average Bonchev–Trinajstić information content (AvgIpc) is 2.63. The molecule has 0 aliphatic rings. The van der Waals surface area contributed by atoms with Crippen LogP contribution in [-0.2, 0) is 10.0 Å². The molecule has 2 N–H and O–H groups in total. The fraction of sp³-hybridized carbons (Fsp3) is 0.100. The molecule has 0 fully saturated rings. The molecule has 5 nitrogen and oxygen atoms in total. The Bertz CT molecular complexity index is 780. The van der Waals surface area contributed by atoms with Gasteiger partial charge in [-0.3, -0.25) is 9.52 Å². The molecule has 2 aromatic rings. The minimum Gasteiger partial charge on any atom is -0.315 e. The number of benzene rings is 1. The van der Waals surface area contributed by atoms with E-state index in [1.54, 1.807) is 0 Å². The molecule has 1 aromatic heterocycles. The number of H-pyrrole nitrogens is 1. The third-order valence-corrected chi connectivity index (χ3v) is 5.18. The van der Waals surface area contributed by atoms with Crippen molar-refractivity contribution in [3.8, 4) is 0 Å². The molecular formula is C10H8F2N2O3S2. The second-order valence-corrected chi connectivity index (χ2v) is 6.52. The van der Waals surface area contributed by atoms with Crippen molar-refractivity contribution in [2.75, 3.05) is 4.72 Å². The first-order valence-corrected chi connectivity index (χ1v) is 7.27. The molecule has 0 unspecified atom stereocenters. The number of anilines is 1. The summed E-state index contributed by atoms with van der Waals surface area (Å²) in [6.07, 6.45) is 0. The Morgan fingerprint density at radius 2 is 1.95 bits per heavy atom. The number of nitrogens with one attached hydrogen (secondary N) is 2. The van der Waals surface area contributed by atoms with E-state index in [4.69, 9.17) is 0 Å². The van der Waals surface area contributed by atoms with Crippen molar-refractivity contribution in [2.24, 2.45) is 0 Å². The molecule has 1 heterocycles. The van der Waals surface area contributed by atoms with Gasteiger partial charge in [-0.25, -0.2) is 17.2 Å². The molecule has 2 rings (SSSR count). The zero-order chi connectivity index (χ0) is 14.2. The third kappa shape index (κ3) is 2.82. The van der Waals surface area contributed by atoms with Crippen molar-refractivity contribution in [1.29, 1.82) is 0 Å². The van der Waals surface area contributed by atoms with Gasteiger partial charge in [0.25, 0.3) is 10.0 Å². The lowest BCUT2D eigenvalue weighted by Crippen LogP contribution is -2.13. The molecule has 0 radical (unpaired) electrons. The summed E-state index contributed by atoms with van der Waals surface area (Å²) in [7, 11) is -4.00. The summed E-state index contributed by atoms with van der Waals surface area (Å²) in [4.78, 5) is 12.9. The predicted octanol–water partition coefficient (Wildman–Crippen LogP) is 1.82. The molecule has 102 valence electrons. The number of aromatic amines is 1. The number of rotatable bonds is 3. The second kappa shape index (κ2) is 4.74. The standard InChI is InChI=1S/C10H8F2N2O3S2/c1-5-9(18-10(15)13-5)19(16,17)14-6-2-3-7(11)8(12)4-6/h2-4,14H,1H3,(H,13,15). The Morgan fingerprint density at radius 3 is 2.47 bits per heavy atom. The highest BCUT2D eigenvalue weighted by Gasteiger charge is 2.21. The van der Waals surface area contributed by atoms with Gasteiger partial charge in [-0.15, -0.1) is 0 Å². The van der Waals surface area contributed by atoms with Crippen molar-refractivity contribution in [2.45, 2.75) is 11.1 Å². The van der Waals surface area contributed by atoms with E-state index in [0.29, 0.717) is 11.3 Å². The number of sulfonamides is 1. The number of aryl methyl sites for hydroxylation is 1. The number of thiazole rings is 1. The predicted molar refractivity (Wildman–Crippen MR) is 66.8 cm³/mol. The topological polar surface area (TPSA) is 79.0 Å². The van der Waals surface area contributed by atoms with Gasteiger partial charge in [0.15, 0.2) is 15.8 Å². The summed E-state index contributed by atoms with van der Waals surface area (Å²) in [5, 5.41) is 0. The minimum atomic E-state index is -4.00. The highest BCUT2D eigenvalue weighted by atomic mass is 32.2. The molecule has 0 amide bonds. The summed E-state index contributed by atoms with van der Waals surface area (Å²) in [5.41, 5.74) is 0.0595. The van der Waals surface area contributed by atoms with Gasteiger partial charge in [-0.1, -0.05) is 11.3 Å². The van der Waals surface area contributed by atoms with E-state index in [0.717, 1.165) is 18.2 Å². The van der Waals surface area contributed by atoms with Crippen molar-refractivity contribution in [3.63, 3.8) is 0 Å². The van der Waals surface area contributed by atoms with Gasteiger partial charge >= 0.3 is 4.87 Å². The Hall–Kier alpha value is -1.74. The van der Waals surface area contributed by atoms with Crippen LogP contribution >= 0.6 is 11.3 Å². The van der Waals surface area contributed by atoms with Crippen LogP contribution in [0.3, 0.4) is 0 Å². The lowest BCUT2D eigenvalue weighted by atomic mass is 10.3. The van der Waals surface area contributed by atoms with E-state index < -0.39 is 26.5 Å². The van der Waals surface area contributed by atoms with Crippen molar-refractivity contribution >= 4 is 27.0 Å². The van der Waals surface area contributed by atoms with E-state index in [1.807, 2.05) is 0 Å². The highest BCUT2D eigenvalue weighted by molar-refractivity contribution is 7.94. The first-order valence-electron chi connectivity index (χ1n) is 4.97. The average molecular weight is 306 g/mol. The summed E-state index contributed by atoms with van der Waals surface area (Å²) in [6, 6.07) is 2.61. The van der Waals surface area contributed by atoms with Gasteiger partial charge in [0.2, 0.25) is 0 Å². The number of hydrogen-bond acceptors (Lipinski definition) is 4. The lowest BCUT2D eigenvalue weighted by molar-refractivity contribution is 0.509. The Balaban J connectivity index is 2.39. The summed E-state index contributed by atoms with van der Waals surface area (Å²) in [5.74, 6) is -2.25. The van der Waals surface area contributed by atoms with Crippen LogP contribution < -0.4 is 9.60 Å². The normalized spacial score (nSPS) is 11.5. The van der Waals surface area contributed by atoms with E-state index >= 15 is 0 Å². The van der Waals surface area contributed by atoms with Crippen LogP contribution in [0.25, 0.3) is 0 Å². The molecular weight excluding hydrogens is 298 g/mol.